The molecule has 0 aliphatic rings. The van der Waals surface area contributed by atoms with E-state index < -0.39 is 9.52 Å². The summed E-state index contributed by atoms with van der Waals surface area (Å²) in [6, 6.07) is 14.6. The van der Waals surface area contributed by atoms with Crippen LogP contribution in [-0.4, -0.2) is 29.5 Å². The van der Waals surface area contributed by atoms with Crippen molar-refractivity contribution in [1.82, 2.24) is 0 Å². The van der Waals surface area contributed by atoms with Crippen LogP contribution in [0.5, 0.6) is 0 Å². The zero-order chi connectivity index (χ0) is 35.3. The Balaban J connectivity index is -0.000000548. The molecule has 0 radical (unpaired) electrons. The molecule has 0 aliphatic carbocycles. The normalized spacial score (nSPS) is 12.7. The zero-order valence-corrected chi connectivity index (χ0v) is 32.7. The number of hydrogen-bond acceptors (Lipinski definition) is 2. The quantitative estimate of drug-likeness (QED) is 0.0942. The zero-order valence-electron chi connectivity index (χ0n) is 31.9. The molecule has 0 aromatic heterocycles. The lowest BCUT2D eigenvalue weighted by Crippen LogP contribution is -2.06. The van der Waals surface area contributed by atoms with Crippen LogP contribution in [0.25, 0.3) is 5.57 Å². The molecule has 3 heteroatoms. The Morgan fingerprint density at radius 1 is 0.911 bits per heavy atom. The number of ether oxygens (including phenoxy) is 1. The lowest BCUT2D eigenvalue weighted by Gasteiger charge is -2.11. The summed E-state index contributed by atoms with van der Waals surface area (Å²) < 4.78 is 17.4. The van der Waals surface area contributed by atoms with Gasteiger partial charge in [-0.2, -0.15) is 0 Å². The molecular weight excluding hydrogens is 569 g/mol. The molecule has 0 heterocycles. The standard InChI is InChI=1S/C14H18.C12H26O.C11H16OS.C3H6.C2H6/c1-4-12(2)10-11-13(3)14-8-6-5-7-9-14;1-4-6-8-9-12(3)11-13-10-7-5-2;1-8-6-9(2)11(10(3)7-8)13(4,5)12;1-3-2;1-2/h5-11H,4H2,1-3H3;12H,4-11H2,1-3H3;6-7H,4H2,1-3,5H3;3H,1H2,2H3;1-2H3/b12-10+,13-11+;;;;. The fourth-order valence-corrected chi connectivity index (χ4v) is 5.87. The lowest BCUT2D eigenvalue weighted by atomic mass is 10.0. The molecule has 258 valence electrons. The van der Waals surface area contributed by atoms with E-state index in [0.717, 1.165) is 41.6 Å². The molecule has 2 aromatic carbocycles. The number of rotatable bonds is 13. The molecule has 0 fully saturated rings. The van der Waals surface area contributed by atoms with Crippen molar-refractivity contribution in [3.05, 3.63) is 95.1 Å². The van der Waals surface area contributed by atoms with Gasteiger partial charge in [-0.05, 0) is 104 Å². The summed E-state index contributed by atoms with van der Waals surface area (Å²) >= 11 is 0. The summed E-state index contributed by atoms with van der Waals surface area (Å²) in [5.41, 5.74) is 7.41. The fourth-order valence-electron chi connectivity index (χ4n) is 4.39. The topological polar surface area (TPSA) is 26.3 Å². The van der Waals surface area contributed by atoms with Gasteiger partial charge in [0, 0.05) is 24.4 Å². The van der Waals surface area contributed by atoms with Gasteiger partial charge in [-0.3, -0.25) is 4.21 Å². The van der Waals surface area contributed by atoms with E-state index in [9.17, 15) is 4.21 Å². The van der Waals surface area contributed by atoms with E-state index in [1.165, 1.54) is 60.8 Å². The molecule has 45 heavy (non-hydrogen) atoms. The molecule has 2 rings (SSSR count). The largest absolute Gasteiger partial charge is 0.381 e. The third-order valence-corrected chi connectivity index (χ3v) is 8.29. The first kappa shape index (κ1) is 47.1. The predicted molar refractivity (Wildman–Crippen MR) is 210 cm³/mol. The summed E-state index contributed by atoms with van der Waals surface area (Å²) in [6.07, 6.45) is 16.8. The summed E-state index contributed by atoms with van der Waals surface area (Å²) in [6.45, 7) is 30.4. The van der Waals surface area contributed by atoms with Gasteiger partial charge >= 0.3 is 0 Å². The third kappa shape index (κ3) is 26.6. The molecule has 2 nitrogen and oxygen atoms in total. The van der Waals surface area contributed by atoms with E-state index in [-0.39, 0.29) is 0 Å². The van der Waals surface area contributed by atoms with Crippen molar-refractivity contribution < 1.29 is 8.95 Å². The van der Waals surface area contributed by atoms with Crippen molar-refractivity contribution in [2.75, 3.05) is 19.5 Å². The number of benzene rings is 2. The summed E-state index contributed by atoms with van der Waals surface area (Å²) in [5, 5.41) is 0. The molecule has 0 spiro atoms. The Bertz CT molecular complexity index is 1130. The van der Waals surface area contributed by atoms with Crippen molar-refractivity contribution in [2.45, 2.75) is 133 Å². The van der Waals surface area contributed by atoms with E-state index in [4.69, 9.17) is 4.74 Å². The van der Waals surface area contributed by atoms with Gasteiger partial charge in [0.25, 0.3) is 0 Å². The fraction of sp³-hybridized carbons (Fsp3) is 0.548. The van der Waals surface area contributed by atoms with E-state index in [1.807, 2.05) is 47.6 Å². The maximum Gasteiger partial charge on any atom is 0.0491 e. The second-order valence-corrected chi connectivity index (χ2v) is 14.2. The number of unbranched alkanes of at least 4 members (excludes halogenated alkanes) is 3. The van der Waals surface area contributed by atoms with Crippen LogP contribution in [0.1, 0.15) is 130 Å². The molecule has 0 saturated carbocycles. The van der Waals surface area contributed by atoms with Crippen LogP contribution in [0, 0.1) is 26.7 Å². The van der Waals surface area contributed by atoms with Gasteiger partial charge in [-0.15, -0.1) is 6.58 Å². The highest BCUT2D eigenvalue weighted by Crippen LogP contribution is 2.21. The van der Waals surface area contributed by atoms with Crippen molar-refractivity contribution >= 4 is 21.0 Å². The van der Waals surface area contributed by atoms with Crippen LogP contribution in [0.3, 0.4) is 0 Å². The van der Waals surface area contributed by atoms with Crippen molar-refractivity contribution in [1.29, 1.82) is 0 Å². The molecule has 0 bridgehead atoms. The highest BCUT2D eigenvalue weighted by molar-refractivity contribution is 7.99. The summed E-state index contributed by atoms with van der Waals surface area (Å²) in [7, 11) is -2.08. The minimum atomic E-state index is -2.08. The molecule has 2 unspecified atom stereocenters. The van der Waals surface area contributed by atoms with E-state index in [2.05, 4.69) is 103 Å². The molecule has 0 amide bonds. The lowest BCUT2D eigenvalue weighted by molar-refractivity contribution is 0.0988. The molecule has 0 aliphatic heterocycles. The van der Waals surface area contributed by atoms with Gasteiger partial charge in [0.05, 0.1) is 0 Å². The van der Waals surface area contributed by atoms with Crippen molar-refractivity contribution in [2.24, 2.45) is 5.92 Å². The van der Waals surface area contributed by atoms with E-state index >= 15 is 0 Å². The number of aryl methyl sites for hydroxylation is 3. The SMILES string of the molecule is C=CC.C=S(C)(=O)c1c(C)cc(C)cc1C.CC.CC/C(C)=C/C=C(\C)c1ccccc1.CCCCCC(C)COCCCC. The van der Waals surface area contributed by atoms with Crippen LogP contribution < -0.4 is 0 Å². The minimum Gasteiger partial charge on any atom is -0.381 e. The van der Waals surface area contributed by atoms with Gasteiger partial charge in [0.15, 0.2) is 0 Å². The second kappa shape index (κ2) is 30.3. The van der Waals surface area contributed by atoms with Gasteiger partial charge < -0.3 is 4.74 Å². The Hall–Kier alpha value is -2.36. The Morgan fingerprint density at radius 2 is 1.42 bits per heavy atom. The van der Waals surface area contributed by atoms with Crippen LogP contribution in [0.15, 0.2) is 77.7 Å². The van der Waals surface area contributed by atoms with Gasteiger partial charge in [-0.1, -0.05) is 139 Å². The van der Waals surface area contributed by atoms with Crippen molar-refractivity contribution in [3.8, 4) is 0 Å². The second-order valence-electron chi connectivity index (χ2n) is 11.8. The first-order chi connectivity index (χ1) is 21.3. The maximum atomic E-state index is 11.8. The Labute approximate surface area is 282 Å². The highest BCUT2D eigenvalue weighted by atomic mass is 32.2. The van der Waals surface area contributed by atoms with Gasteiger partial charge in [-0.25, -0.2) is 0 Å². The highest BCUT2D eigenvalue weighted by Gasteiger charge is 2.09. The first-order valence-electron chi connectivity index (χ1n) is 17.2. The molecule has 2 aromatic rings. The summed E-state index contributed by atoms with van der Waals surface area (Å²) in [5.74, 6) is 4.47. The Morgan fingerprint density at radius 3 is 1.87 bits per heavy atom. The van der Waals surface area contributed by atoms with Crippen LogP contribution in [-0.2, 0) is 14.3 Å². The maximum absolute atomic E-state index is 11.8. The number of hydrogen-bond donors (Lipinski definition) is 0. The van der Waals surface area contributed by atoms with Gasteiger partial charge in [0.2, 0.25) is 0 Å². The molecule has 0 N–H and O–H groups in total. The van der Waals surface area contributed by atoms with Crippen LogP contribution in [0.4, 0.5) is 0 Å². The van der Waals surface area contributed by atoms with E-state index in [1.54, 1.807) is 12.3 Å². The monoisotopic (exact) mass is 641 g/mol. The average Bonchev–Trinajstić information content (AvgIpc) is 2.99. The van der Waals surface area contributed by atoms with E-state index in [0.29, 0.717) is 0 Å². The Kier molecular flexibility index (Phi) is 31.7. The van der Waals surface area contributed by atoms with Crippen molar-refractivity contribution in [3.63, 3.8) is 0 Å². The van der Waals surface area contributed by atoms with Crippen LogP contribution in [0.2, 0.25) is 0 Å². The summed E-state index contributed by atoms with van der Waals surface area (Å²) in [4.78, 5) is 0.915. The molecule has 0 saturated heterocycles. The van der Waals surface area contributed by atoms with Gasteiger partial charge in [0.1, 0.15) is 0 Å². The molecular formula is C42H72O2S. The van der Waals surface area contributed by atoms with Crippen LogP contribution >= 0.6 is 0 Å². The smallest absolute Gasteiger partial charge is 0.0491 e. The average molecular weight is 641 g/mol. The molecule has 2 atom stereocenters. The third-order valence-electron chi connectivity index (χ3n) is 6.79. The number of allylic oxidation sites excluding steroid dienone is 5. The first-order valence-corrected chi connectivity index (χ1v) is 19.4. The minimum absolute atomic E-state index is 0.753. The predicted octanol–water partition coefficient (Wildman–Crippen LogP) is 13.0.